The molecule has 2 aromatic rings. The van der Waals surface area contributed by atoms with E-state index in [1.807, 2.05) is 30.2 Å². The number of carbonyl (C=O) groups excluding carboxylic acids is 1. The first-order chi connectivity index (χ1) is 11.7. The summed E-state index contributed by atoms with van der Waals surface area (Å²) in [5.74, 6) is 0.967. The summed E-state index contributed by atoms with van der Waals surface area (Å²) in [6.07, 6.45) is 6.44. The van der Waals surface area contributed by atoms with Crippen molar-refractivity contribution in [1.82, 2.24) is 9.88 Å². The van der Waals surface area contributed by atoms with Gasteiger partial charge in [-0.15, -0.1) is 0 Å². The van der Waals surface area contributed by atoms with Gasteiger partial charge in [-0.3, -0.25) is 9.69 Å². The summed E-state index contributed by atoms with van der Waals surface area (Å²) in [6.45, 7) is 7.37. The van der Waals surface area contributed by atoms with E-state index in [0.717, 1.165) is 38.0 Å². The fourth-order valence-electron chi connectivity index (χ4n) is 3.30. The number of carbonyl (C=O) groups is 1. The molecule has 3 heterocycles. The minimum absolute atomic E-state index is 0.106. The van der Waals surface area contributed by atoms with Crippen LogP contribution in [0, 0.1) is 6.92 Å². The Morgan fingerprint density at radius 1 is 1.33 bits per heavy atom. The van der Waals surface area contributed by atoms with Crippen molar-refractivity contribution in [3.05, 3.63) is 48.0 Å². The van der Waals surface area contributed by atoms with Crippen LogP contribution in [-0.2, 0) is 0 Å². The van der Waals surface area contributed by atoms with E-state index in [9.17, 15) is 4.79 Å². The molecule has 5 heteroatoms. The smallest absolute Gasteiger partial charge is 0.295 e. The molecule has 3 rings (SSSR count). The van der Waals surface area contributed by atoms with Crippen molar-refractivity contribution in [3.63, 3.8) is 0 Å². The zero-order valence-corrected chi connectivity index (χ0v) is 14.4. The molecule has 0 N–H and O–H groups in total. The van der Waals surface area contributed by atoms with Crippen LogP contribution in [-0.4, -0.2) is 41.5 Å². The van der Waals surface area contributed by atoms with E-state index in [4.69, 9.17) is 4.42 Å². The van der Waals surface area contributed by atoms with Crippen molar-refractivity contribution in [2.75, 3.05) is 24.5 Å². The highest BCUT2D eigenvalue weighted by Gasteiger charge is 2.31. The van der Waals surface area contributed by atoms with Gasteiger partial charge in [0.1, 0.15) is 5.82 Å². The number of amides is 1. The zero-order chi connectivity index (χ0) is 16.9. The molecular weight excluding hydrogens is 302 g/mol. The maximum atomic E-state index is 13.0. The number of hydrogen-bond donors (Lipinski definition) is 0. The molecule has 1 amide bonds. The summed E-state index contributed by atoms with van der Waals surface area (Å²) in [6, 6.07) is 7.55. The fraction of sp³-hybridized carbons (Fsp3) is 0.474. The number of hydrogen-bond acceptors (Lipinski definition) is 4. The number of likely N-dealkylation sites (tertiary alicyclic amines) is 1. The molecule has 1 aliphatic heterocycles. The van der Waals surface area contributed by atoms with Gasteiger partial charge in [0, 0.05) is 25.3 Å². The lowest BCUT2D eigenvalue weighted by Gasteiger charge is -2.37. The predicted molar refractivity (Wildman–Crippen MR) is 94.2 cm³/mol. The molecule has 0 atom stereocenters. The highest BCUT2D eigenvalue weighted by molar-refractivity contribution is 6.04. The van der Waals surface area contributed by atoms with Crippen molar-refractivity contribution in [2.24, 2.45) is 0 Å². The van der Waals surface area contributed by atoms with Gasteiger partial charge >= 0.3 is 0 Å². The number of rotatable bonds is 5. The van der Waals surface area contributed by atoms with Crippen LogP contribution in [0.5, 0.6) is 0 Å². The predicted octanol–water partition coefficient (Wildman–Crippen LogP) is 3.50. The SMILES string of the molecule is CCCN1CCC(N(C(=O)c2ccco2)c2ccc(C)cn2)CC1. The van der Waals surface area contributed by atoms with Crippen LogP contribution >= 0.6 is 0 Å². The third-order valence-corrected chi connectivity index (χ3v) is 4.56. The Hall–Kier alpha value is -2.14. The second-order valence-corrected chi connectivity index (χ2v) is 6.42. The van der Waals surface area contributed by atoms with Crippen molar-refractivity contribution in [1.29, 1.82) is 0 Å². The normalized spacial score (nSPS) is 16.2. The van der Waals surface area contributed by atoms with Gasteiger partial charge in [0.2, 0.25) is 0 Å². The number of aromatic nitrogens is 1. The van der Waals surface area contributed by atoms with Crippen molar-refractivity contribution in [3.8, 4) is 0 Å². The van der Waals surface area contributed by atoms with Crippen LogP contribution in [0.25, 0.3) is 0 Å². The zero-order valence-electron chi connectivity index (χ0n) is 14.4. The number of pyridine rings is 1. The average Bonchev–Trinajstić information content (AvgIpc) is 3.13. The Bertz CT molecular complexity index is 644. The maximum absolute atomic E-state index is 13.0. The van der Waals surface area contributed by atoms with Crippen LogP contribution < -0.4 is 4.90 Å². The second kappa shape index (κ2) is 7.62. The Labute approximate surface area is 143 Å². The highest BCUT2D eigenvalue weighted by atomic mass is 16.3. The summed E-state index contributed by atoms with van der Waals surface area (Å²) in [7, 11) is 0. The topological polar surface area (TPSA) is 49.6 Å². The van der Waals surface area contributed by atoms with Gasteiger partial charge < -0.3 is 9.32 Å². The minimum Gasteiger partial charge on any atom is -0.459 e. The number of piperidine rings is 1. The quantitative estimate of drug-likeness (QED) is 0.843. The molecule has 24 heavy (non-hydrogen) atoms. The van der Waals surface area contributed by atoms with Crippen molar-refractivity contribution in [2.45, 2.75) is 39.2 Å². The molecule has 0 aliphatic carbocycles. The van der Waals surface area contributed by atoms with Crippen LogP contribution in [0.1, 0.15) is 42.3 Å². The molecule has 1 aliphatic rings. The summed E-state index contributed by atoms with van der Waals surface area (Å²) in [5.41, 5.74) is 1.09. The number of aryl methyl sites for hydroxylation is 1. The Kier molecular flexibility index (Phi) is 5.30. The Balaban J connectivity index is 1.83. The van der Waals surface area contributed by atoms with Crippen molar-refractivity contribution >= 4 is 11.7 Å². The first-order valence-corrected chi connectivity index (χ1v) is 8.71. The Morgan fingerprint density at radius 2 is 2.12 bits per heavy atom. The van der Waals surface area contributed by atoms with Crippen LogP contribution in [0.15, 0.2) is 41.1 Å². The van der Waals surface area contributed by atoms with E-state index in [1.165, 1.54) is 12.7 Å². The van der Waals surface area contributed by atoms with E-state index < -0.39 is 0 Å². The largest absolute Gasteiger partial charge is 0.459 e. The first kappa shape index (κ1) is 16.7. The number of furan rings is 1. The van der Waals surface area contributed by atoms with E-state index in [0.29, 0.717) is 11.6 Å². The van der Waals surface area contributed by atoms with Crippen LogP contribution in [0.4, 0.5) is 5.82 Å². The van der Waals surface area contributed by atoms with Gasteiger partial charge in [-0.05, 0) is 56.5 Å². The van der Waals surface area contributed by atoms with E-state index in [2.05, 4.69) is 16.8 Å². The molecule has 128 valence electrons. The molecular formula is C19H25N3O2. The van der Waals surface area contributed by atoms with Gasteiger partial charge in [0.15, 0.2) is 5.76 Å². The number of nitrogens with zero attached hydrogens (tertiary/aromatic N) is 3. The van der Waals surface area contributed by atoms with Gasteiger partial charge in [-0.2, -0.15) is 0 Å². The summed E-state index contributed by atoms with van der Waals surface area (Å²) in [5, 5.41) is 0. The summed E-state index contributed by atoms with van der Waals surface area (Å²) in [4.78, 5) is 21.8. The molecule has 0 saturated carbocycles. The summed E-state index contributed by atoms with van der Waals surface area (Å²) < 4.78 is 5.34. The van der Waals surface area contributed by atoms with E-state index >= 15 is 0 Å². The molecule has 0 spiro atoms. The highest BCUT2D eigenvalue weighted by Crippen LogP contribution is 2.25. The second-order valence-electron chi connectivity index (χ2n) is 6.42. The van der Waals surface area contributed by atoms with Gasteiger partial charge in [-0.25, -0.2) is 4.98 Å². The van der Waals surface area contributed by atoms with Crippen LogP contribution in [0.2, 0.25) is 0 Å². The first-order valence-electron chi connectivity index (χ1n) is 8.71. The van der Waals surface area contributed by atoms with Gasteiger partial charge in [0.05, 0.1) is 6.26 Å². The van der Waals surface area contributed by atoms with Crippen molar-refractivity contribution < 1.29 is 9.21 Å². The van der Waals surface area contributed by atoms with E-state index in [-0.39, 0.29) is 11.9 Å². The molecule has 0 bridgehead atoms. The van der Waals surface area contributed by atoms with Gasteiger partial charge in [-0.1, -0.05) is 13.0 Å². The molecule has 2 aromatic heterocycles. The third-order valence-electron chi connectivity index (χ3n) is 4.56. The lowest BCUT2D eigenvalue weighted by molar-refractivity contribution is 0.0932. The summed E-state index contributed by atoms with van der Waals surface area (Å²) >= 11 is 0. The molecule has 5 nitrogen and oxygen atoms in total. The minimum atomic E-state index is -0.106. The molecule has 0 unspecified atom stereocenters. The van der Waals surface area contributed by atoms with Gasteiger partial charge in [0.25, 0.3) is 5.91 Å². The molecule has 1 fully saturated rings. The molecule has 0 radical (unpaired) electrons. The standard InChI is InChI=1S/C19H25N3O2/c1-3-10-21-11-8-16(9-12-21)22(18-7-6-15(2)14-20-18)19(23)17-5-4-13-24-17/h4-7,13-14,16H,3,8-12H2,1-2H3. The monoisotopic (exact) mass is 327 g/mol. The molecule has 0 aromatic carbocycles. The number of anilines is 1. The maximum Gasteiger partial charge on any atom is 0.295 e. The lowest BCUT2D eigenvalue weighted by atomic mass is 10.0. The molecule has 1 saturated heterocycles. The van der Waals surface area contributed by atoms with E-state index in [1.54, 1.807) is 12.1 Å². The average molecular weight is 327 g/mol. The fourth-order valence-corrected chi connectivity index (χ4v) is 3.30. The van der Waals surface area contributed by atoms with Crippen LogP contribution in [0.3, 0.4) is 0 Å². The Morgan fingerprint density at radius 3 is 2.71 bits per heavy atom. The third kappa shape index (κ3) is 3.67. The lowest BCUT2D eigenvalue weighted by Crippen LogP contribution is -2.48.